The molecule has 6 atom stereocenters. The molecule has 2 aliphatic carbocycles. The van der Waals surface area contributed by atoms with Crippen LogP contribution in [0.5, 0.6) is 5.75 Å². The van der Waals surface area contributed by atoms with E-state index in [-0.39, 0.29) is 39.7 Å². The zero-order chi connectivity index (χ0) is 33.0. The Labute approximate surface area is 281 Å². The van der Waals surface area contributed by atoms with E-state index in [1.807, 2.05) is 0 Å². The minimum atomic E-state index is -4.83. The van der Waals surface area contributed by atoms with Gasteiger partial charge in [-0.15, -0.1) is 23.2 Å². The number of hydrazine groups is 1. The number of halogens is 8. The molecule has 3 heterocycles. The van der Waals surface area contributed by atoms with Crippen LogP contribution in [0.3, 0.4) is 0 Å². The van der Waals surface area contributed by atoms with E-state index in [4.69, 9.17) is 46.4 Å². The van der Waals surface area contributed by atoms with Crippen LogP contribution in [0.25, 0.3) is 0 Å². The molecule has 1 N–H and O–H groups in total. The topological polar surface area (TPSA) is 111 Å². The Morgan fingerprint density at radius 1 is 1.07 bits per heavy atom. The van der Waals surface area contributed by atoms with Crippen molar-refractivity contribution in [3.63, 3.8) is 0 Å². The highest BCUT2D eigenvalue weighted by atomic mass is 79.9. The monoisotopic (exact) mass is 768 g/mol. The number of hydrogen-bond donors (Lipinski definition) is 1. The first kappa shape index (κ1) is 32.4. The van der Waals surface area contributed by atoms with E-state index < -0.39 is 74.7 Å². The highest BCUT2D eigenvalue weighted by molar-refractivity contribution is 9.09. The Morgan fingerprint density at radius 3 is 2.40 bits per heavy atom. The lowest BCUT2D eigenvalue weighted by molar-refractivity contribution is -0.142. The molecule has 0 unspecified atom stereocenters. The molecule has 1 saturated carbocycles. The van der Waals surface area contributed by atoms with Crippen molar-refractivity contribution in [2.24, 2.45) is 17.8 Å². The summed E-state index contributed by atoms with van der Waals surface area (Å²) in [5.74, 6) is -8.36. The third-order valence-corrected chi connectivity index (χ3v) is 11.5. The number of aromatic hydroxyl groups is 1. The van der Waals surface area contributed by atoms with E-state index >= 15 is 0 Å². The van der Waals surface area contributed by atoms with Gasteiger partial charge in [0.05, 0.1) is 22.3 Å². The molecule has 2 aliphatic heterocycles. The average molecular weight is 771 g/mol. The number of likely N-dealkylation sites (tertiary alicyclic amines) is 1. The molecule has 1 aromatic carbocycles. The second-order valence-corrected chi connectivity index (χ2v) is 13.8. The molecule has 238 valence electrons. The molecule has 17 heteroatoms. The first-order chi connectivity index (χ1) is 21.0. The normalized spacial score (nSPS) is 31.2. The summed E-state index contributed by atoms with van der Waals surface area (Å²) in [5, 5.41) is 12.4. The molecular weight excluding hydrogens is 751 g/mol. The summed E-state index contributed by atoms with van der Waals surface area (Å²) in [6.45, 7) is 0. The summed E-state index contributed by atoms with van der Waals surface area (Å²) in [6, 6.07) is 5.72. The molecule has 0 spiro atoms. The Hall–Kier alpha value is -2.58. The van der Waals surface area contributed by atoms with Gasteiger partial charge in [0.25, 0.3) is 23.6 Å². The van der Waals surface area contributed by atoms with Gasteiger partial charge in [0.15, 0.2) is 15.6 Å². The predicted molar refractivity (Wildman–Crippen MR) is 161 cm³/mol. The minimum Gasteiger partial charge on any atom is -0.508 e. The molecule has 2 saturated heterocycles. The zero-order valence-electron chi connectivity index (χ0n) is 22.8. The molecule has 9 nitrogen and oxygen atoms in total. The van der Waals surface area contributed by atoms with Crippen LogP contribution in [-0.4, -0.2) is 65.9 Å². The second-order valence-electron chi connectivity index (χ2n) is 11.2. The van der Waals surface area contributed by atoms with Gasteiger partial charge in [-0.2, -0.15) is 18.2 Å². The largest absolute Gasteiger partial charge is 0.508 e. The number of carbonyl (C=O) groups excluding carboxylic acids is 4. The van der Waals surface area contributed by atoms with Crippen LogP contribution in [-0.2, 0) is 25.4 Å². The molecule has 3 fully saturated rings. The van der Waals surface area contributed by atoms with Crippen LogP contribution in [0.4, 0.5) is 19.0 Å². The first-order valence-corrected chi connectivity index (χ1v) is 16.0. The van der Waals surface area contributed by atoms with Gasteiger partial charge >= 0.3 is 6.18 Å². The SMILES string of the molecule is CN(c1nc(C(F)(F)F)ccc1Cl)N1C(=O)[C@H]2[C@H](CC=C3[C@H]2C[C@@]2(Cl)C(=O)N(CBr)C(=O)[C@@]2(Cl)[C@H]3c2cc(Cl)ccc2O)C1=O. The number of phenolic OH excluding ortho intramolecular Hbond substituents is 1. The summed E-state index contributed by atoms with van der Waals surface area (Å²) < 4.78 is 40.4. The fourth-order valence-corrected chi connectivity index (χ4v) is 8.87. The van der Waals surface area contributed by atoms with Gasteiger partial charge in [-0.3, -0.25) is 29.1 Å². The van der Waals surface area contributed by atoms with Crippen LogP contribution < -0.4 is 5.01 Å². The number of allylic oxidation sites excluding steroid dienone is 2. The molecule has 4 aliphatic rings. The maximum atomic E-state index is 14.1. The number of nitrogens with zero attached hydrogens (tertiary/aromatic N) is 4. The molecule has 6 rings (SSSR count). The Bertz CT molecular complexity index is 1730. The molecule has 0 bridgehead atoms. The highest BCUT2D eigenvalue weighted by Gasteiger charge is 2.76. The number of fused-ring (bicyclic) bond motifs is 4. The summed E-state index contributed by atoms with van der Waals surface area (Å²) in [6.07, 6.45) is -3.56. The number of imide groups is 2. The fraction of sp³-hybridized carbons (Fsp3) is 0.393. The van der Waals surface area contributed by atoms with Gasteiger partial charge in [0.1, 0.15) is 11.4 Å². The molecular formula is C28H20BrCl4F3N4O5. The van der Waals surface area contributed by atoms with Crippen LogP contribution >= 0.6 is 62.3 Å². The summed E-state index contributed by atoms with van der Waals surface area (Å²) in [5.41, 5.74) is -1.05. The lowest BCUT2D eigenvalue weighted by atomic mass is 9.56. The summed E-state index contributed by atoms with van der Waals surface area (Å²) in [4.78, 5) is 55.6. The molecule has 4 amide bonds. The van der Waals surface area contributed by atoms with Crippen molar-refractivity contribution in [3.8, 4) is 5.75 Å². The Balaban J connectivity index is 1.48. The molecule has 0 radical (unpaired) electrons. The number of rotatable bonds is 4. The molecule has 2 aromatic rings. The van der Waals surface area contributed by atoms with Crippen LogP contribution in [0, 0.1) is 17.8 Å². The second kappa shape index (κ2) is 10.7. The van der Waals surface area contributed by atoms with Crippen molar-refractivity contribution < 1.29 is 37.5 Å². The highest BCUT2D eigenvalue weighted by Crippen LogP contribution is 2.66. The van der Waals surface area contributed by atoms with E-state index in [0.29, 0.717) is 16.6 Å². The number of amides is 4. The number of benzene rings is 1. The zero-order valence-corrected chi connectivity index (χ0v) is 27.4. The fourth-order valence-electron chi connectivity index (χ4n) is 7.05. The van der Waals surface area contributed by atoms with E-state index in [1.54, 1.807) is 6.08 Å². The third kappa shape index (κ3) is 4.44. The van der Waals surface area contributed by atoms with Crippen LogP contribution in [0.1, 0.15) is 30.0 Å². The number of alkyl halides is 6. The number of carbonyl (C=O) groups is 4. The van der Waals surface area contributed by atoms with Gasteiger partial charge in [-0.05, 0) is 49.1 Å². The predicted octanol–water partition coefficient (Wildman–Crippen LogP) is 5.88. The Morgan fingerprint density at radius 2 is 1.76 bits per heavy atom. The standard InChI is InChI=1S/C28H20BrCl4F3N4O5/c1-38(21-16(31)5-7-18(37-21)28(34,35)36)40-22(42)13-4-3-12-15(19(13)23(40)43)9-26(32)24(44)39(10-29)25(45)27(26,33)20(12)14-8-11(30)2-6-17(14)41/h2-3,5-8,13,15,19-20,41H,4,9-10H2,1H3/t13-,15+,19-,20+,26+,27-/m0/s1. The Kier molecular flexibility index (Phi) is 7.72. The number of phenols is 1. The van der Waals surface area contributed by atoms with Crippen LogP contribution in [0.15, 0.2) is 42.0 Å². The maximum Gasteiger partial charge on any atom is 0.433 e. The van der Waals surface area contributed by atoms with Crippen molar-refractivity contribution in [3.05, 3.63) is 63.3 Å². The number of hydrogen-bond acceptors (Lipinski definition) is 7. The number of aromatic nitrogens is 1. The van der Waals surface area contributed by atoms with E-state index in [9.17, 15) is 37.5 Å². The van der Waals surface area contributed by atoms with Crippen molar-refractivity contribution >= 4 is 91.8 Å². The third-order valence-electron chi connectivity index (χ3n) is 9.02. The number of pyridine rings is 1. The van der Waals surface area contributed by atoms with Gasteiger partial charge < -0.3 is 5.11 Å². The summed E-state index contributed by atoms with van der Waals surface area (Å²) in [7, 11) is 1.18. The number of anilines is 1. The lowest BCUT2D eigenvalue weighted by Crippen LogP contribution is -2.60. The van der Waals surface area contributed by atoms with Crippen molar-refractivity contribution in [1.82, 2.24) is 14.9 Å². The van der Waals surface area contributed by atoms with Crippen molar-refractivity contribution in [1.29, 1.82) is 0 Å². The van der Waals surface area contributed by atoms with E-state index in [1.165, 1.54) is 25.2 Å². The van der Waals surface area contributed by atoms with Crippen LogP contribution in [0.2, 0.25) is 10.0 Å². The maximum absolute atomic E-state index is 14.1. The minimum absolute atomic E-state index is 0.0282. The quantitative estimate of drug-likeness (QED) is 0.179. The van der Waals surface area contributed by atoms with Crippen molar-refractivity contribution in [2.75, 3.05) is 17.5 Å². The summed E-state index contributed by atoms with van der Waals surface area (Å²) >= 11 is 29.8. The molecule has 45 heavy (non-hydrogen) atoms. The van der Waals surface area contributed by atoms with Gasteiger partial charge in [-0.1, -0.05) is 50.8 Å². The smallest absolute Gasteiger partial charge is 0.433 e. The van der Waals surface area contributed by atoms with Gasteiger partial charge in [0.2, 0.25) is 0 Å². The van der Waals surface area contributed by atoms with Gasteiger partial charge in [0, 0.05) is 23.6 Å². The first-order valence-electron chi connectivity index (χ1n) is 13.3. The van der Waals surface area contributed by atoms with E-state index in [0.717, 1.165) is 16.0 Å². The lowest BCUT2D eigenvalue weighted by Gasteiger charge is -2.50. The molecule has 1 aromatic heterocycles. The average Bonchev–Trinajstić information content (AvgIpc) is 3.31. The van der Waals surface area contributed by atoms with Crippen molar-refractivity contribution in [2.45, 2.75) is 34.7 Å². The van der Waals surface area contributed by atoms with E-state index in [2.05, 4.69) is 20.9 Å². The van der Waals surface area contributed by atoms with Gasteiger partial charge in [-0.25, -0.2) is 4.98 Å².